The van der Waals surface area contributed by atoms with E-state index in [2.05, 4.69) is 49.5 Å². The van der Waals surface area contributed by atoms with Gasteiger partial charge < -0.3 is 0 Å². The smallest absolute Gasteiger partial charge is 0.107 e. The molecule has 2 nitrogen and oxygen atoms in total. The van der Waals surface area contributed by atoms with Gasteiger partial charge in [-0.05, 0) is 51.3 Å². The van der Waals surface area contributed by atoms with Crippen molar-refractivity contribution < 1.29 is 0 Å². The molecule has 0 heterocycles. The molecule has 1 aromatic carbocycles. The van der Waals surface area contributed by atoms with Crippen molar-refractivity contribution in [2.75, 3.05) is 6.54 Å². The molecule has 0 aliphatic heterocycles. The number of aryl methyl sites for hydroxylation is 1. The first-order valence-electron chi connectivity index (χ1n) is 7.07. The molecule has 2 unspecified atom stereocenters. The Morgan fingerprint density at radius 1 is 1.53 bits per heavy atom. The summed E-state index contributed by atoms with van der Waals surface area (Å²) in [5, 5.41) is 13.4. The average molecular weight is 274 g/mol. The summed E-state index contributed by atoms with van der Waals surface area (Å²) < 4.78 is 0. The highest BCUT2D eigenvalue weighted by Gasteiger charge is 2.36. The van der Waals surface area contributed by atoms with E-state index < -0.39 is 0 Å². The van der Waals surface area contributed by atoms with Crippen LogP contribution < -0.4 is 5.32 Å². The third kappa shape index (κ3) is 3.75. The summed E-state index contributed by atoms with van der Waals surface area (Å²) in [5.41, 5.74) is 1.01. The second-order valence-electron chi connectivity index (χ2n) is 5.38. The Bertz CT molecular complexity index is 462. The number of hydrogen-bond donors (Lipinski definition) is 1. The fourth-order valence-corrected chi connectivity index (χ4v) is 4.29. The molecule has 1 aliphatic carbocycles. The number of nitrogens with one attached hydrogen (secondary N) is 1. The molecule has 0 aromatic heterocycles. The van der Waals surface area contributed by atoms with Crippen molar-refractivity contribution in [2.24, 2.45) is 0 Å². The Balaban J connectivity index is 2.03. The lowest BCUT2D eigenvalue weighted by Crippen LogP contribution is -2.48. The van der Waals surface area contributed by atoms with Crippen LogP contribution in [-0.4, -0.2) is 17.3 Å². The number of rotatable bonds is 4. The molecular formula is C16H22N2S. The monoisotopic (exact) mass is 274 g/mol. The van der Waals surface area contributed by atoms with E-state index in [1.54, 1.807) is 0 Å². The predicted octanol–water partition coefficient (Wildman–Crippen LogP) is 3.90. The van der Waals surface area contributed by atoms with Crippen molar-refractivity contribution in [3.05, 3.63) is 29.8 Å². The van der Waals surface area contributed by atoms with Crippen LogP contribution in [-0.2, 0) is 0 Å². The molecule has 2 atom stereocenters. The van der Waals surface area contributed by atoms with Gasteiger partial charge in [0.1, 0.15) is 5.54 Å². The second-order valence-corrected chi connectivity index (χ2v) is 6.75. The zero-order valence-electron chi connectivity index (χ0n) is 11.8. The van der Waals surface area contributed by atoms with Gasteiger partial charge in [-0.1, -0.05) is 24.6 Å². The van der Waals surface area contributed by atoms with E-state index in [0.29, 0.717) is 5.25 Å². The van der Waals surface area contributed by atoms with Gasteiger partial charge in [-0.15, -0.1) is 11.8 Å². The fourth-order valence-electron chi connectivity index (χ4n) is 2.85. The van der Waals surface area contributed by atoms with Gasteiger partial charge in [0, 0.05) is 10.1 Å². The third-order valence-corrected chi connectivity index (χ3v) is 4.99. The molecule has 1 aliphatic rings. The van der Waals surface area contributed by atoms with Gasteiger partial charge >= 0.3 is 0 Å². The van der Waals surface area contributed by atoms with Crippen LogP contribution in [0.5, 0.6) is 0 Å². The summed E-state index contributed by atoms with van der Waals surface area (Å²) in [6, 6.07) is 11.2. The van der Waals surface area contributed by atoms with Gasteiger partial charge in [0.25, 0.3) is 0 Å². The number of hydrogen-bond acceptors (Lipinski definition) is 3. The zero-order valence-corrected chi connectivity index (χ0v) is 12.6. The van der Waals surface area contributed by atoms with Crippen LogP contribution >= 0.6 is 11.8 Å². The first kappa shape index (κ1) is 14.4. The highest BCUT2D eigenvalue weighted by Crippen LogP contribution is 2.38. The van der Waals surface area contributed by atoms with Crippen molar-refractivity contribution in [1.82, 2.24) is 5.32 Å². The normalized spacial score (nSPS) is 26.9. The summed E-state index contributed by atoms with van der Waals surface area (Å²) in [6.45, 7) is 5.08. The molecule has 1 saturated carbocycles. The van der Waals surface area contributed by atoms with E-state index in [9.17, 15) is 5.26 Å². The maximum absolute atomic E-state index is 9.48. The summed E-state index contributed by atoms with van der Waals surface area (Å²) in [7, 11) is 0. The van der Waals surface area contributed by atoms with E-state index in [0.717, 1.165) is 25.8 Å². The van der Waals surface area contributed by atoms with Gasteiger partial charge in [0.15, 0.2) is 0 Å². The van der Waals surface area contributed by atoms with Crippen molar-refractivity contribution in [3.63, 3.8) is 0 Å². The van der Waals surface area contributed by atoms with E-state index in [1.807, 2.05) is 11.8 Å². The molecule has 3 heteroatoms. The molecule has 2 rings (SSSR count). The summed E-state index contributed by atoms with van der Waals surface area (Å²) in [5.74, 6) is 0. The first-order chi connectivity index (χ1) is 9.17. The Kier molecular flexibility index (Phi) is 4.90. The molecule has 1 aromatic rings. The van der Waals surface area contributed by atoms with Crippen LogP contribution in [0.3, 0.4) is 0 Å². The molecule has 0 radical (unpaired) electrons. The maximum atomic E-state index is 9.48. The standard InChI is InChI=1S/C16H22N2S/c1-3-18-16(12-17)9-5-8-15(11-16)19-14-7-4-6-13(2)10-14/h4,6-7,10,15,18H,3,5,8-9,11H2,1-2H3. The van der Waals surface area contributed by atoms with Gasteiger partial charge in [-0.3, -0.25) is 5.32 Å². The minimum Gasteiger partial charge on any atom is -0.300 e. The SMILES string of the molecule is CCNC1(C#N)CCCC(Sc2cccc(C)c2)C1. The average Bonchev–Trinajstić information content (AvgIpc) is 2.39. The third-order valence-electron chi connectivity index (χ3n) is 3.73. The molecule has 19 heavy (non-hydrogen) atoms. The Hall–Kier alpha value is -0.980. The topological polar surface area (TPSA) is 35.8 Å². The minimum atomic E-state index is -0.297. The Labute approximate surface area is 120 Å². The van der Waals surface area contributed by atoms with Crippen molar-refractivity contribution in [1.29, 1.82) is 5.26 Å². The lowest BCUT2D eigenvalue weighted by atomic mass is 9.82. The van der Waals surface area contributed by atoms with Crippen LogP contribution in [0.2, 0.25) is 0 Å². The van der Waals surface area contributed by atoms with Gasteiger partial charge in [-0.25, -0.2) is 0 Å². The van der Waals surface area contributed by atoms with E-state index in [-0.39, 0.29) is 5.54 Å². The Morgan fingerprint density at radius 3 is 3.05 bits per heavy atom. The quantitative estimate of drug-likeness (QED) is 0.904. The molecule has 0 amide bonds. The number of nitrogens with zero attached hydrogens (tertiary/aromatic N) is 1. The van der Waals surface area contributed by atoms with Gasteiger partial charge in [0.2, 0.25) is 0 Å². The zero-order chi connectivity index (χ0) is 13.7. The van der Waals surface area contributed by atoms with Crippen LogP contribution in [0, 0.1) is 18.3 Å². The summed E-state index contributed by atoms with van der Waals surface area (Å²) >= 11 is 1.93. The number of nitriles is 1. The Morgan fingerprint density at radius 2 is 2.37 bits per heavy atom. The van der Waals surface area contributed by atoms with E-state index in [4.69, 9.17) is 0 Å². The van der Waals surface area contributed by atoms with E-state index in [1.165, 1.54) is 16.9 Å². The van der Waals surface area contributed by atoms with Crippen LogP contribution in [0.1, 0.15) is 38.2 Å². The van der Waals surface area contributed by atoms with Crippen molar-refractivity contribution >= 4 is 11.8 Å². The summed E-state index contributed by atoms with van der Waals surface area (Å²) in [6.07, 6.45) is 4.30. The maximum Gasteiger partial charge on any atom is 0.107 e. The number of benzene rings is 1. The summed E-state index contributed by atoms with van der Waals surface area (Å²) in [4.78, 5) is 1.33. The first-order valence-corrected chi connectivity index (χ1v) is 7.95. The molecular weight excluding hydrogens is 252 g/mol. The lowest BCUT2D eigenvalue weighted by molar-refractivity contribution is 0.309. The van der Waals surface area contributed by atoms with Gasteiger partial charge in [-0.2, -0.15) is 5.26 Å². The lowest BCUT2D eigenvalue weighted by Gasteiger charge is -2.36. The van der Waals surface area contributed by atoms with Crippen molar-refractivity contribution in [3.8, 4) is 6.07 Å². The molecule has 1 fully saturated rings. The highest BCUT2D eigenvalue weighted by atomic mass is 32.2. The molecule has 0 bridgehead atoms. The van der Waals surface area contributed by atoms with Crippen molar-refractivity contribution in [2.45, 2.75) is 55.2 Å². The minimum absolute atomic E-state index is 0.297. The predicted molar refractivity (Wildman–Crippen MR) is 81.3 cm³/mol. The fraction of sp³-hybridized carbons (Fsp3) is 0.562. The molecule has 102 valence electrons. The van der Waals surface area contributed by atoms with Crippen LogP contribution in [0.15, 0.2) is 29.2 Å². The highest BCUT2D eigenvalue weighted by molar-refractivity contribution is 8.00. The van der Waals surface area contributed by atoms with Crippen LogP contribution in [0.25, 0.3) is 0 Å². The van der Waals surface area contributed by atoms with Crippen LogP contribution in [0.4, 0.5) is 0 Å². The molecule has 1 N–H and O–H groups in total. The van der Waals surface area contributed by atoms with E-state index >= 15 is 0 Å². The second kappa shape index (κ2) is 6.45. The molecule has 0 saturated heterocycles. The number of thioether (sulfide) groups is 1. The van der Waals surface area contributed by atoms with Gasteiger partial charge in [0.05, 0.1) is 6.07 Å². The largest absolute Gasteiger partial charge is 0.300 e. The molecule has 0 spiro atoms.